The van der Waals surface area contributed by atoms with Gasteiger partial charge in [0.1, 0.15) is 5.25 Å². The molecule has 2 rings (SSSR count). The maximum Gasteiger partial charge on any atom is 0.305 e. The molecule has 0 radical (unpaired) electrons. The summed E-state index contributed by atoms with van der Waals surface area (Å²) in [7, 11) is 0. The second kappa shape index (κ2) is 9.27. The minimum absolute atomic E-state index is 0.123. The zero-order chi connectivity index (χ0) is 19.1. The van der Waals surface area contributed by atoms with E-state index in [1.165, 1.54) is 0 Å². The summed E-state index contributed by atoms with van der Waals surface area (Å²) in [6.07, 6.45) is 2.31. The predicted octanol–water partition coefficient (Wildman–Crippen LogP) is 2.54. The monoisotopic (exact) mass is 385 g/mol. The molecule has 1 aromatic rings. The molecule has 140 valence electrons. The van der Waals surface area contributed by atoms with Gasteiger partial charge in [0, 0.05) is 5.56 Å². The normalized spacial score (nSPS) is 18.5. The van der Waals surface area contributed by atoms with E-state index >= 15 is 0 Å². The third-order valence-electron chi connectivity index (χ3n) is 3.26. The van der Waals surface area contributed by atoms with Gasteiger partial charge >= 0.3 is 5.97 Å². The lowest BCUT2D eigenvalue weighted by Gasteiger charge is -2.08. The zero-order valence-electron chi connectivity index (χ0n) is 13.9. The number of carbonyl (C=O) groups is 2. The van der Waals surface area contributed by atoms with Crippen LogP contribution in [0.25, 0.3) is 0 Å². The molecule has 0 bridgehead atoms. The van der Waals surface area contributed by atoms with Crippen molar-refractivity contribution >= 4 is 35.0 Å². The van der Waals surface area contributed by atoms with Crippen LogP contribution in [0.3, 0.4) is 0 Å². The number of hydrogen-bond donors (Lipinski definition) is 2. The fourth-order valence-electron chi connectivity index (χ4n) is 2.00. The van der Waals surface area contributed by atoms with Gasteiger partial charge in [0.15, 0.2) is 22.6 Å². The highest BCUT2D eigenvalue weighted by Gasteiger charge is 2.32. The Kier molecular flexibility index (Phi) is 7.07. The van der Waals surface area contributed by atoms with Crippen LogP contribution in [0, 0.1) is 11.6 Å². The van der Waals surface area contributed by atoms with Crippen molar-refractivity contribution in [1.82, 2.24) is 5.32 Å². The number of amides is 1. The van der Waals surface area contributed by atoms with E-state index in [0.29, 0.717) is 6.42 Å². The molecular weight excluding hydrogens is 368 g/mol. The van der Waals surface area contributed by atoms with E-state index in [1.54, 1.807) is 0 Å². The van der Waals surface area contributed by atoms with Gasteiger partial charge in [-0.3, -0.25) is 9.59 Å². The molecule has 0 aromatic heterocycles. The summed E-state index contributed by atoms with van der Waals surface area (Å²) in [6.45, 7) is 2.16. The smallest absolute Gasteiger partial charge is 0.305 e. The van der Waals surface area contributed by atoms with Crippen molar-refractivity contribution in [3.8, 4) is 5.75 Å². The Hall–Kier alpha value is -2.49. The zero-order valence-corrected chi connectivity index (χ0v) is 14.7. The van der Waals surface area contributed by atoms with Gasteiger partial charge in [-0.15, -0.1) is 5.10 Å². The third-order valence-corrected chi connectivity index (χ3v) is 4.33. The highest BCUT2D eigenvalue weighted by molar-refractivity contribution is 8.15. The molecule has 1 aliphatic rings. The number of rotatable bonds is 8. The second-order valence-electron chi connectivity index (χ2n) is 5.36. The Morgan fingerprint density at radius 2 is 2.12 bits per heavy atom. The number of carboxylic acids is 1. The van der Waals surface area contributed by atoms with Crippen molar-refractivity contribution in [2.45, 2.75) is 31.4 Å². The lowest BCUT2D eigenvalue weighted by molar-refractivity contribution is -0.138. The maximum atomic E-state index is 13.9. The minimum atomic E-state index is -1.10. The van der Waals surface area contributed by atoms with Crippen LogP contribution in [-0.4, -0.2) is 40.2 Å². The summed E-state index contributed by atoms with van der Waals surface area (Å²) in [4.78, 5) is 22.2. The molecule has 26 heavy (non-hydrogen) atoms. The van der Waals surface area contributed by atoms with Gasteiger partial charge in [-0.1, -0.05) is 25.1 Å². The van der Waals surface area contributed by atoms with Crippen LogP contribution in [0.5, 0.6) is 5.75 Å². The third kappa shape index (κ3) is 5.51. The van der Waals surface area contributed by atoms with Gasteiger partial charge in [-0.05, 0) is 18.6 Å². The molecule has 1 fully saturated rings. The Bertz CT molecular complexity index is 732. The molecule has 1 aromatic carbocycles. The minimum Gasteiger partial charge on any atom is -0.488 e. The first kappa shape index (κ1) is 19.8. The summed E-state index contributed by atoms with van der Waals surface area (Å²) < 4.78 is 32.9. The Balaban J connectivity index is 2.02. The number of amidine groups is 1. The molecule has 2 N–H and O–H groups in total. The van der Waals surface area contributed by atoms with Crippen molar-refractivity contribution in [3.63, 3.8) is 0 Å². The van der Waals surface area contributed by atoms with Crippen LogP contribution in [0.2, 0.25) is 0 Å². The van der Waals surface area contributed by atoms with Crippen molar-refractivity contribution in [3.05, 3.63) is 29.3 Å². The van der Waals surface area contributed by atoms with Crippen molar-refractivity contribution < 1.29 is 28.2 Å². The number of benzene rings is 1. The van der Waals surface area contributed by atoms with Gasteiger partial charge in [-0.25, -0.2) is 8.78 Å². The predicted molar refractivity (Wildman–Crippen MR) is 93.6 cm³/mol. The molecule has 0 spiro atoms. The van der Waals surface area contributed by atoms with Gasteiger partial charge in [0.05, 0.1) is 19.2 Å². The molecule has 1 amide bonds. The van der Waals surface area contributed by atoms with Gasteiger partial charge in [0.2, 0.25) is 5.91 Å². The average molecular weight is 385 g/mol. The van der Waals surface area contributed by atoms with Crippen molar-refractivity contribution in [2.24, 2.45) is 10.2 Å². The van der Waals surface area contributed by atoms with Gasteiger partial charge in [-0.2, -0.15) is 5.10 Å². The molecular formula is C16H17F2N3O4S. The first-order valence-corrected chi connectivity index (χ1v) is 8.70. The number of nitrogens with one attached hydrogen (secondary N) is 1. The molecule has 1 saturated heterocycles. The molecule has 1 unspecified atom stereocenters. The summed E-state index contributed by atoms with van der Waals surface area (Å²) in [5, 5.41) is 17.8. The number of unbranched alkanes of at least 4 members (excludes halogenated alkanes) is 1. The van der Waals surface area contributed by atoms with Crippen molar-refractivity contribution in [1.29, 1.82) is 0 Å². The van der Waals surface area contributed by atoms with E-state index in [2.05, 4.69) is 15.5 Å². The lowest BCUT2D eigenvalue weighted by atomic mass is 10.2. The van der Waals surface area contributed by atoms with E-state index < -0.39 is 34.5 Å². The number of halogens is 2. The molecule has 1 atom stereocenters. The first-order valence-electron chi connectivity index (χ1n) is 7.83. The number of carboxylic acid groups (broad SMARTS) is 1. The molecule has 0 aliphatic carbocycles. The number of ether oxygens (including phenoxy) is 1. The first-order chi connectivity index (χ1) is 12.4. The second-order valence-corrected chi connectivity index (χ2v) is 6.55. The number of nitrogens with zero attached hydrogens (tertiary/aromatic N) is 2. The van der Waals surface area contributed by atoms with Crippen LogP contribution in [0.15, 0.2) is 22.3 Å². The fourth-order valence-corrected chi connectivity index (χ4v) is 2.92. The van der Waals surface area contributed by atoms with E-state index in [-0.39, 0.29) is 23.8 Å². The van der Waals surface area contributed by atoms with E-state index in [9.17, 15) is 18.4 Å². The summed E-state index contributed by atoms with van der Waals surface area (Å²) in [5.41, 5.74) is 0.128. The largest absolute Gasteiger partial charge is 0.488 e. The maximum absolute atomic E-state index is 13.9. The van der Waals surface area contributed by atoms with Crippen molar-refractivity contribution in [2.75, 3.05) is 6.61 Å². The summed E-state index contributed by atoms with van der Waals surface area (Å²) >= 11 is 0.929. The van der Waals surface area contributed by atoms with E-state index in [1.807, 2.05) is 6.92 Å². The van der Waals surface area contributed by atoms with E-state index in [0.717, 1.165) is 36.5 Å². The Morgan fingerprint density at radius 3 is 2.73 bits per heavy atom. The molecule has 0 saturated carbocycles. The molecule has 7 nitrogen and oxygen atoms in total. The molecule has 1 heterocycles. The number of carbonyl (C=O) groups excluding carboxylic acids is 1. The van der Waals surface area contributed by atoms with E-state index in [4.69, 9.17) is 9.84 Å². The highest BCUT2D eigenvalue weighted by Crippen LogP contribution is 2.24. The van der Waals surface area contributed by atoms with Crippen LogP contribution < -0.4 is 10.1 Å². The number of hydrogen-bond acceptors (Lipinski definition) is 6. The number of aliphatic carboxylic acids is 1. The molecule has 1 aliphatic heterocycles. The summed E-state index contributed by atoms with van der Waals surface area (Å²) in [5.74, 6) is -3.70. The lowest BCUT2D eigenvalue weighted by Crippen LogP contribution is -2.26. The standard InChI is InChI=1S/C16H17F2N3O4S/c1-2-3-4-25-14-10(17)5-9(6-11(14)18)8-19-21-16-20-15(24)12(26-16)7-13(22)23/h5-6,8,12H,2-4,7H2,1H3,(H,22,23)(H,20,21,24). The van der Waals surface area contributed by atoms with Gasteiger partial charge < -0.3 is 15.2 Å². The quantitative estimate of drug-likeness (QED) is 0.407. The Morgan fingerprint density at radius 1 is 1.42 bits per heavy atom. The van der Waals surface area contributed by atoms with Crippen LogP contribution >= 0.6 is 11.8 Å². The van der Waals surface area contributed by atoms with Gasteiger partial charge in [0.25, 0.3) is 0 Å². The fraction of sp³-hybridized carbons (Fsp3) is 0.375. The molecule has 10 heteroatoms. The van der Waals surface area contributed by atoms with Crippen LogP contribution in [0.1, 0.15) is 31.7 Å². The average Bonchev–Trinajstić information content (AvgIpc) is 2.89. The van der Waals surface area contributed by atoms with Crippen LogP contribution in [-0.2, 0) is 9.59 Å². The SMILES string of the molecule is CCCCOc1c(F)cc(C=NN=C2NC(=O)C(CC(=O)O)S2)cc1F. The summed E-state index contributed by atoms with van der Waals surface area (Å²) in [6, 6.07) is 2.11. The topological polar surface area (TPSA) is 100 Å². The highest BCUT2D eigenvalue weighted by atomic mass is 32.2. The van der Waals surface area contributed by atoms with Crippen LogP contribution in [0.4, 0.5) is 8.78 Å². The Labute approximate surface area is 152 Å². The number of thioether (sulfide) groups is 1.